The molecular weight excluding hydrogens is 244 g/mol. The van der Waals surface area contributed by atoms with Gasteiger partial charge in [0.2, 0.25) is 0 Å². The van der Waals surface area contributed by atoms with E-state index in [0.717, 1.165) is 17.7 Å². The molecule has 108 valence electrons. The summed E-state index contributed by atoms with van der Waals surface area (Å²) in [7, 11) is 1.65. The van der Waals surface area contributed by atoms with Crippen molar-refractivity contribution in [3.05, 3.63) is 29.8 Å². The number of nitrogens with one attached hydrogen (secondary N) is 1. The highest BCUT2D eigenvalue weighted by Crippen LogP contribution is 2.26. The van der Waals surface area contributed by atoms with Gasteiger partial charge in [-0.3, -0.25) is 11.3 Å². The molecule has 1 atom stereocenters. The van der Waals surface area contributed by atoms with Gasteiger partial charge in [-0.15, -0.1) is 0 Å². The summed E-state index contributed by atoms with van der Waals surface area (Å²) in [4.78, 5) is 0. The van der Waals surface area contributed by atoms with Gasteiger partial charge in [-0.25, -0.2) is 0 Å². The van der Waals surface area contributed by atoms with Gasteiger partial charge in [0.05, 0.1) is 12.6 Å². The predicted molar refractivity (Wildman–Crippen MR) is 75.0 cm³/mol. The van der Waals surface area contributed by atoms with Gasteiger partial charge in [0.1, 0.15) is 12.4 Å². The second-order valence-electron chi connectivity index (χ2n) is 4.08. The molecule has 0 saturated heterocycles. The van der Waals surface area contributed by atoms with E-state index in [-0.39, 0.29) is 6.04 Å². The van der Waals surface area contributed by atoms with Crippen LogP contribution in [0.5, 0.6) is 5.75 Å². The Morgan fingerprint density at radius 3 is 2.68 bits per heavy atom. The smallest absolute Gasteiger partial charge is 0.124 e. The molecule has 0 aromatic heterocycles. The fourth-order valence-corrected chi connectivity index (χ4v) is 1.81. The molecular formula is C14H24N2O3. The Bertz CT molecular complexity index is 347. The van der Waals surface area contributed by atoms with Crippen molar-refractivity contribution < 1.29 is 14.2 Å². The van der Waals surface area contributed by atoms with E-state index in [1.807, 2.05) is 31.2 Å². The van der Waals surface area contributed by atoms with Crippen molar-refractivity contribution in [2.24, 2.45) is 5.84 Å². The van der Waals surface area contributed by atoms with Gasteiger partial charge in [-0.2, -0.15) is 0 Å². The summed E-state index contributed by atoms with van der Waals surface area (Å²) in [6, 6.07) is 7.89. The average Bonchev–Trinajstić information content (AvgIpc) is 2.45. The topological polar surface area (TPSA) is 65.7 Å². The number of para-hydroxylation sites is 1. The third-order valence-electron chi connectivity index (χ3n) is 2.80. The molecule has 1 rings (SSSR count). The van der Waals surface area contributed by atoms with Gasteiger partial charge >= 0.3 is 0 Å². The Balaban J connectivity index is 2.66. The minimum atomic E-state index is 0.0188. The maximum absolute atomic E-state index is 5.71. The summed E-state index contributed by atoms with van der Waals surface area (Å²) < 4.78 is 16.1. The third-order valence-corrected chi connectivity index (χ3v) is 2.80. The van der Waals surface area contributed by atoms with Gasteiger partial charge in [-0.1, -0.05) is 18.2 Å². The fraction of sp³-hybridized carbons (Fsp3) is 0.571. The largest absolute Gasteiger partial charge is 0.491 e. The zero-order valence-electron chi connectivity index (χ0n) is 11.7. The molecule has 19 heavy (non-hydrogen) atoms. The maximum atomic E-state index is 5.71. The van der Waals surface area contributed by atoms with Gasteiger partial charge < -0.3 is 14.2 Å². The van der Waals surface area contributed by atoms with Crippen molar-refractivity contribution >= 4 is 0 Å². The van der Waals surface area contributed by atoms with Crippen LogP contribution in [-0.2, 0) is 9.47 Å². The van der Waals surface area contributed by atoms with E-state index in [9.17, 15) is 0 Å². The Kier molecular flexibility index (Phi) is 8.16. The highest BCUT2D eigenvalue weighted by molar-refractivity contribution is 5.35. The zero-order chi connectivity index (χ0) is 13.9. The highest BCUT2D eigenvalue weighted by atomic mass is 16.5. The van der Waals surface area contributed by atoms with Crippen LogP contribution in [0, 0.1) is 0 Å². The zero-order valence-corrected chi connectivity index (χ0v) is 11.7. The van der Waals surface area contributed by atoms with Crippen LogP contribution in [-0.4, -0.2) is 33.5 Å². The van der Waals surface area contributed by atoms with Crippen molar-refractivity contribution in [1.82, 2.24) is 5.43 Å². The van der Waals surface area contributed by atoms with Crippen molar-refractivity contribution in [2.75, 3.05) is 33.5 Å². The van der Waals surface area contributed by atoms with Gasteiger partial charge in [0.15, 0.2) is 0 Å². The van der Waals surface area contributed by atoms with Crippen LogP contribution in [0.25, 0.3) is 0 Å². The van der Waals surface area contributed by atoms with E-state index >= 15 is 0 Å². The lowest BCUT2D eigenvalue weighted by atomic mass is 10.0. The molecule has 0 bridgehead atoms. The molecule has 5 heteroatoms. The molecule has 0 amide bonds. The number of hydrogen-bond donors (Lipinski definition) is 2. The molecule has 0 heterocycles. The maximum Gasteiger partial charge on any atom is 0.124 e. The Morgan fingerprint density at radius 1 is 1.21 bits per heavy atom. The van der Waals surface area contributed by atoms with Crippen molar-refractivity contribution in [3.63, 3.8) is 0 Å². The number of methoxy groups -OCH3 is 1. The van der Waals surface area contributed by atoms with Crippen LogP contribution in [0.4, 0.5) is 0 Å². The van der Waals surface area contributed by atoms with Gasteiger partial charge in [0.25, 0.3) is 0 Å². The van der Waals surface area contributed by atoms with Crippen molar-refractivity contribution in [3.8, 4) is 5.75 Å². The molecule has 5 nitrogen and oxygen atoms in total. The monoisotopic (exact) mass is 268 g/mol. The molecule has 0 spiro atoms. The molecule has 3 N–H and O–H groups in total. The molecule has 0 aliphatic rings. The van der Waals surface area contributed by atoms with E-state index in [1.54, 1.807) is 7.11 Å². The molecule has 0 aliphatic heterocycles. The first-order valence-corrected chi connectivity index (χ1v) is 6.58. The molecule has 0 aliphatic carbocycles. The van der Waals surface area contributed by atoms with Crippen LogP contribution in [0.3, 0.4) is 0 Å². The number of hydrogen-bond acceptors (Lipinski definition) is 5. The first kappa shape index (κ1) is 15.9. The second-order valence-corrected chi connectivity index (χ2v) is 4.08. The minimum absolute atomic E-state index is 0.0188. The molecule has 1 unspecified atom stereocenters. The van der Waals surface area contributed by atoms with Crippen LogP contribution >= 0.6 is 0 Å². The molecule has 0 fully saturated rings. The van der Waals surface area contributed by atoms with E-state index in [4.69, 9.17) is 20.1 Å². The van der Waals surface area contributed by atoms with Gasteiger partial charge in [0, 0.05) is 25.9 Å². The highest BCUT2D eigenvalue weighted by Gasteiger charge is 2.14. The number of hydrazine groups is 1. The first-order valence-electron chi connectivity index (χ1n) is 6.58. The van der Waals surface area contributed by atoms with Crippen molar-refractivity contribution in [1.29, 1.82) is 0 Å². The second kappa shape index (κ2) is 9.75. The lowest BCUT2D eigenvalue weighted by molar-refractivity contribution is 0.134. The summed E-state index contributed by atoms with van der Waals surface area (Å²) in [5.74, 6) is 6.46. The summed E-state index contributed by atoms with van der Waals surface area (Å²) in [5.41, 5.74) is 3.86. The summed E-state index contributed by atoms with van der Waals surface area (Å²) >= 11 is 0. The van der Waals surface area contributed by atoms with E-state index in [0.29, 0.717) is 26.4 Å². The molecule has 1 aromatic carbocycles. The standard InChI is InChI=1S/C14H24N2O3/c1-3-18-9-8-13(16-15)12-6-4-5-7-14(12)19-11-10-17-2/h4-7,13,16H,3,8-11,15H2,1-2H3. The number of nitrogens with two attached hydrogens (primary N) is 1. The summed E-state index contributed by atoms with van der Waals surface area (Å²) in [6.07, 6.45) is 0.801. The predicted octanol–water partition coefficient (Wildman–Crippen LogP) is 1.64. The lowest BCUT2D eigenvalue weighted by Gasteiger charge is -2.19. The average molecular weight is 268 g/mol. The van der Waals surface area contributed by atoms with Crippen LogP contribution in [0.15, 0.2) is 24.3 Å². The minimum Gasteiger partial charge on any atom is -0.491 e. The number of benzene rings is 1. The van der Waals surface area contributed by atoms with E-state index in [1.165, 1.54) is 0 Å². The lowest BCUT2D eigenvalue weighted by Crippen LogP contribution is -2.29. The Morgan fingerprint density at radius 2 is 2.00 bits per heavy atom. The van der Waals surface area contributed by atoms with Crippen LogP contribution in [0.1, 0.15) is 24.9 Å². The normalized spacial score (nSPS) is 12.4. The SMILES string of the molecule is CCOCCC(NN)c1ccccc1OCCOC. The summed E-state index contributed by atoms with van der Waals surface area (Å²) in [6.45, 7) is 4.44. The molecule has 0 saturated carbocycles. The third kappa shape index (κ3) is 5.57. The van der Waals surface area contributed by atoms with Crippen LogP contribution < -0.4 is 16.0 Å². The summed E-state index contributed by atoms with van der Waals surface area (Å²) in [5, 5.41) is 0. The number of ether oxygens (including phenoxy) is 3. The van der Waals surface area contributed by atoms with E-state index < -0.39 is 0 Å². The molecule has 0 radical (unpaired) electrons. The Hall–Kier alpha value is -1.14. The fourth-order valence-electron chi connectivity index (χ4n) is 1.81. The Labute approximate surface area is 115 Å². The first-order chi connectivity index (χ1) is 9.33. The number of rotatable bonds is 10. The van der Waals surface area contributed by atoms with E-state index in [2.05, 4.69) is 5.43 Å². The van der Waals surface area contributed by atoms with Crippen molar-refractivity contribution in [2.45, 2.75) is 19.4 Å². The molecule has 1 aromatic rings. The van der Waals surface area contributed by atoms with Gasteiger partial charge in [-0.05, 0) is 19.4 Å². The quantitative estimate of drug-likeness (QED) is 0.384. The van der Waals surface area contributed by atoms with Crippen LogP contribution in [0.2, 0.25) is 0 Å².